The Bertz CT molecular complexity index is 432. The number of carbonyl (C=O) groups is 1. The van der Waals surface area contributed by atoms with Gasteiger partial charge in [-0.3, -0.25) is 4.79 Å². The highest BCUT2D eigenvalue weighted by Gasteiger charge is 2.11. The van der Waals surface area contributed by atoms with Gasteiger partial charge in [-0.25, -0.2) is 8.78 Å². The molecular weight excluding hydrogens is 262 g/mol. The zero-order valence-corrected chi connectivity index (χ0v) is 11.8. The van der Waals surface area contributed by atoms with Crippen molar-refractivity contribution in [2.45, 2.75) is 39.0 Å². The minimum absolute atomic E-state index is 0.186. The van der Waals surface area contributed by atoms with Crippen LogP contribution in [0.5, 0.6) is 0 Å². The summed E-state index contributed by atoms with van der Waals surface area (Å²) in [4.78, 5) is 11.8. The monoisotopic (exact) mass is 284 g/mol. The fourth-order valence-corrected chi connectivity index (χ4v) is 2.21. The molecule has 20 heavy (non-hydrogen) atoms. The average molecular weight is 284 g/mol. The first-order chi connectivity index (χ1) is 9.56. The highest BCUT2D eigenvalue weighted by Crippen LogP contribution is 2.18. The summed E-state index contributed by atoms with van der Waals surface area (Å²) in [6, 6.07) is 3.33. The summed E-state index contributed by atoms with van der Waals surface area (Å²) in [6.07, 6.45) is 4.15. The summed E-state index contributed by atoms with van der Waals surface area (Å²) in [6.45, 7) is 2.72. The van der Waals surface area contributed by atoms with Gasteiger partial charge < -0.3 is 11.1 Å². The van der Waals surface area contributed by atoms with Gasteiger partial charge >= 0.3 is 0 Å². The molecule has 0 heterocycles. The average Bonchev–Trinajstić information content (AvgIpc) is 2.41. The van der Waals surface area contributed by atoms with E-state index >= 15 is 0 Å². The molecule has 1 atom stereocenters. The van der Waals surface area contributed by atoms with Crippen LogP contribution in [0, 0.1) is 17.6 Å². The first kappa shape index (κ1) is 16.6. The molecule has 0 aliphatic heterocycles. The second-order valence-corrected chi connectivity index (χ2v) is 4.95. The third-order valence-corrected chi connectivity index (χ3v) is 3.25. The van der Waals surface area contributed by atoms with Crippen molar-refractivity contribution in [1.29, 1.82) is 0 Å². The van der Waals surface area contributed by atoms with Gasteiger partial charge in [0.25, 0.3) is 0 Å². The summed E-state index contributed by atoms with van der Waals surface area (Å²) >= 11 is 0. The van der Waals surface area contributed by atoms with E-state index in [1.807, 2.05) is 0 Å². The van der Waals surface area contributed by atoms with Gasteiger partial charge in [0.1, 0.15) is 0 Å². The smallest absolute Gasteiger partial charge is 0.224 e. The lowest BCUT2D eigenvalue weighted by molar-refractivity contribution is -0.116. The van der Waals surface area contributed by atoms with Crippen molar-refractivity contribution in [2.24, 2.45) is 11.7 Å². The van der Waals surface area contributed by atoms with Crippen molar-refractivity contribution in [2.75, 3.05) is 11.9 Å². The number of carbonyl (C=O) groups excluding carboxylic acids is 1. The van der Waals surface area contributed by atoms with Gasteiger partial charge in [0.15, 0.2) is 11.6 Å². The van der Waals surface area contributed by atoms with Crippen LogP contribution in [0.1, 0.15) is 39.0 Å². The Kier molecular flexibility index (Phi) is 7.15. The molecule has 5 heteroatoms. The largest absolute Gasteiger partial charge is 0.330 e. The SMILES string of the molecule is CCCC(CCN)CCC(=O)Nc1ccc(F)c(F)c1. The third-order valence-electron chi connectivity index (χ3n) is 3.25. The predicted molar refractivity (Wildman–Crippen MR) is 76.3 cm³/mol. The number of amides is 1. The van der Waals surface area contributed by atoms with Crippen LogP contribution in [0.4, 0.5) is 14.5 Å². The molecule has 1 amide bonds. The Morgan fingerprint density at radius 3 is 2.60 bits per heavy atom. The highest BCUT2D eigenvalue weighted by molar-refractivity contribution is 5.90. The van der Waals surface area contributed by atoms with Crippen molar-refractivity contribution in [3.63, 3.8) is 0 Å². The van der Waals surface area contributed by atoms with E-state index in [4.69, 9.17) is 5.73 Å². The van der Waals surface area contributed by atoms with E-state index in [9.17, 15) is 13.6 Å². The lowest BCUT2D eigenvalue weighted by Crippen LogP contribution is -2.15. The van der Waals surface area contributed by atoms with Crippen LogP contribution in [0.25, 0.3) is 0 Å². The molecule has 112 valence electrons. The van der Waals surface area contributed by atoms with Crippen molar-refractivity contribution in [3.8, 4) is 0 Å². The molecule has 3 N–H and O–H groups in total. The van der Waals surface area contributed by atoms with E-state index in [2.05, 4.69) is 12.2 Å². The Labute approximate surface area is 118 Å². The fourth-order valence-electron chi connectivity index (χ4n) is 2.21. The van der Waals surface area contributed by atoms with E-state index in [0.29, 0.717) is 18.9 Å². The molecule has 0 aromatic heterocycles. The van der Waals surface area contributed by atoms with Crippen molar-refractivity contribution in [1.82, 2.24) is 0 Å². The zero-order chi connectivity index (χ0) is 15.0. The molecule has 0 aliphatic rings. The number of benzene rings is 1. The summed E-state index contributed by atoms with van der Waals surface area (Å²) in [5.74, 6) is -1.63. The standard InChI is InChI=1S/C15H22F2N2O/c1-2-3-11(8-9-18)4-7-15(20)19-12-5-6-13(16)14(17)10-12/h5-6,10-11H,2-4,7-9,18H2,1H3,(H,19,20). The molecule has 3 nitrogen and oxygen atoms in total. The molecule has 0 radical (unpaired) electrons. The van der Waals surface area contributed by atoms with Crippen molar-refractivity contribution < 1.29 is 13.6 Å². The van der Waals surface area contributed by atoms with Crippen LogP contribution in [-0.4, -0.2) is 12.5 Å². The van der Waals surface area contributed by atoms with Gasteiger partial charge in [0.2, 0.25) is 5.91 Å². The van der Waals surface area contributed by atoms with Gasteiger partial charge in [-0.2, -0.15) is 0 Å². The molecular formula is C15H22F2N2O. The van der Waals surface area contributed by atoms with Crippen LogP contribution in [-0.2, 0) is 4.79 Å². The van der Waals surface area contributed by atoms with Gasteiger partial charge in [-0.05, 0) is 37.4 Å². The molecule has 0 bridgehead atoms. The highest BCUT2D eigenvalue weighted by atomic mass is 19.2. The maximum Gasteiger partial charge on any atom is 0.224 e. The van der Waals surface area contributed by atoms with Crippen LogP contribution in [0.15, 0.2) is 18.2 Å². The van der Waals surface area contributed by atoms with E-state index in [-0.39, 0.29) is 11.6 Å². The van der Waals surface area contributed by atoms with E-state index in [0.717, 1.165) is 37.8 Å². The number of nitrogens with two attached hydrogens (primary N) is 1. The second-order valence-electron chi connectivity index (χ2n) is 4.95. The molecule has 1 aromatic carbocycles. The topological polar surface area (TPSA) is 55.1 Å². The third kappa shape index (κ3) is 5.65. The number of halogens is 2. The van der Waals surface area contributed by atoms with Crippen LogP contribution in [0.3, 0.4) is 0 Å². The summed E-state index contributed by atoms with van der Waals surface area (Å²) in [5.41, 5.74) is 5.82. The summed E-state index contributed by atoms with van der Waals surface area (Å²) in [7, 11) is 0. The minimum Gasteiger partial charge on any atom is -0.330 e. The Balaban J connectivity index is 2.44. The van der Waals surface area contributed by atoms with Crippen molar-refractivity contribution in [3.05, 3.63) is 29.8 Å². The molecule has 0 spiro atoms. The minimum atomic E-state index is -0.963. The molecule has 0 aliphatic carbocycles. The molecule has 0 saturated carbocycles. The maximum atomic E-state index is 13.0. The fraction of sp³-hybridized carbons (Fsp3) is 0.533. The van der Waals surface area contributed by atoms with Crippen molar-refractivity contribution >= 4 is 11.6 Å². The predicted octanol–water partition coefficient (Wildman–Crippen LogP) is 3.45. The lowest BCUT2D eigenvalue weighted by atomic mass is 9.94. The summed E-state index contributed by atoms with van der Waals surface area (Å²) < 4.78 is 25.8. The molecule has 1 rings (SSSR count). The van der Waals surface area contributed by atoms with E-state index in [1.165, 1.54) is 6.07 Å². The number of rotatable bonds is 8. The summed E-state index contributed by atoms with van der Waals surface area (Å²) in [5, 5.41) is 2.57. The number of nitrogens with one attached hydrogen (secondary N) is 1. The van der Waals surface area contributed by atoms with Gasteiger partial charge in [-0.15, -0.1) is 0 Å². The van der Waals surface area contributed by atoms with Gasteiger partial charge in [-0.1, -0.05) is 19.8 Å². The van der Waals surface area contributed by atoms with Gasteiger partial charge in [0, 0.05) is 18.2 Å². The Morgan fingerprint density at radius 1 is 1.25 bits per heavy atom. The first-order valence-corrected chi connectivity index (χ1v) is 7.01. The molecule has 1 unspecified atom stereocenters. The van der Waals surface area contributed by atoms with E-state index < -0.39 is 11.6 Å². The maximum absolute atomic E-state index is 13.0. The lowest BCUT2D eigenvalue weighted by Gasteiger charge is -2.14. The molecule has 0 fully saturated rings. The first-order valence-electron chi connectivity index (χ1n) is 7.01. The zero-order valence-electron chi connectivity index (χ0n) is 11.8. The Hall–Kier alpha value is -1.49. The molecule has 0 saturated heterocycles. The molecule has 1 aromatic rings. The number of hydrogen-bond acceptors (Lipinski definition) is 2. The Morgan fingerprint density at radius 2 is 2.00 bits per heavy atom. The van der Waals surface area contributed by atoms with Crippen LogP contribution in [0.2, 0.25) is 0 Å². The van der Waals surface area contributed by atoms with Crippen LogP contribution < -0.4 is 11.1 Å². The number of hydrogen-bond donors (Lipinski definition) is 2. The van der Waals surface area contributed by atoms with Crippen LogP contribution >= 0.6 is 0 Å². The quantitative estimate of drug-likeness (QED) is 0.768. The second kappa shape index (κ2) is 8.64. The van der Waals surface area contributed by atoms with Gasteiger partial charge in [0.05, 0.1) is 0 Å². The number of anilines is 1. The van der Waals surface area contributed by atoms with E-state index in [1.54, 1.807) is 0 Å². The normalized spacial score (nSPS) is 12.2.